The summed E-state index contributed by atoms with van der Waals surface area (Å²) in [4.78, 5) is 0. The minimum atomic E-state index is -3.52. The summed E-state index contributed by atoms with van der Waals surface area (Å²) >= 11 is 0. The fourth-order valence-corrected chi connectivity index (χ4v) is 2.15. The molecule has 0 amide bonds. The van der Waals surface area contributed by atoms with Crippen LogP contribution in [0.3, 0.4) is 0 Å². The van der Waals surface area contributed by atoms with Gasteiger partial charge in [-0.15, -0.1) is 21.2 Å². The van der Waals surface area contributed by atoms with Gasteiger partial charge in [0.05, 0.1) is 0 Å². The van der Waals surface area contributed by atoms with E-state index in [1.54, 1.807) is 12.1 Å². The van der Waals surface area contributed by atoms with E-state index in [0.29, 0.717) is 0 Å². The highest BCUT2D eigenvalue weighted by molar-refractivity contribution is 5.85. The second kappa shape index (κ2) is 4.31. The summed E-state index contributed by atoms with van der Waals surface area (Å²) in [5.41, 5.74) is 0.970. The number of fused-ring (bicyclic) bond motifs is 1. The first-order valence-electron chi connectivity index (χ1n) is 5.27. The van der Waals surface area contributed by atoms with Crippen LogP contribution in [-0.4, -0.2) is 12.8 Å². The molecule has 1 N–H and O–H groups in total. The molecule has 2 aliphatic rings. The van der Waals surface area contributed by atoms with Gasteiger partial charge in [-0.2, -0.15) is 0 Å². The van der Waals surface area contributed by atoms with Crippen LogP contribution in [0.5, 0.6) is 11.5 Å². The van der Waals surface area contributed by atoms with Crippen molar-refractivity contribution < 1.29 is 18.3 Å². The minimum absolute atomic E-state index is 0. The first-order chi connectivity index (χ1) is 7.64. The maximum absolute atomic E-state index is 12.8. The molecule has 17 heavy (non-hydrogen) atoms. The quantitative estimate of drug-likeness (QED) is 0.845. The summed E-state index contributed by atoms with van der Waals surface area (Å²) in [6.45, 7) is 0.968. The number of ether oxygens (including phenoxy) is 2. The maximum atomic E-state index is 12.8. The molecule has 1 fully saturated rings. The second-order valence-corrected chi connectivity index (χ2v) is 4.02. The molecule has 94 valence electrons. The second-order valence-electron chi connectivity index (χ2n) is 4.02. The number of hydrogen-bond acceptors (Lipinski definition) is 3. The highest BCUT2D eigenvalue weighted by atomic mass is 35.5. The number of rotatable bonds is 1. The van der Waals surface area contributed by atoms with Crippen molar-refractivity contribution in [2.24, 2.45) is 0 Å². The van der Waals surface area contributed by atoms with Gasteiger partial charge in [-0.1, -0.05) is 6.07 Å². The van der Waals surface area contributed by atoms with Crippen LogP contribution in [0.1, 0.15) is 24.4 Å². The van der Waals surface area contributed by atoms with Crippen molar-refractivity contribution in [3.8, 4) is 11.5 Å². The van der Waals surface area contributed by atoms with Crippen LogP contribution in [0.25, 0.3) is 0 Å². The number of nitrogens with one attached hydrogen (secondary N) is 1. The summed E-state index contributed by atoms with van der Waals surface area (Å²) in [6.07, 6.45) is -1.39. The molecule has 0 aliphatic carbocycles. The first kappa shape index (κ1) is 12.4. The first-order valence-corrected chi connectivity index (χ1v) is 5.27. The van der Waals surface area contributed by atoms with Crippen LogP contribution >= 0.6 is 12.4 Å². The van der Waals surface area contributed by atoms with E-state index in [1.807, 2.05) is 0 Å². The van der Waals surface area contributed by atoms with Crippen LogP contribution in [0.15, 0.2) is 18.2 Å². The van der Waals surface area contributed by atoms with Crippen molar-refractivity contribution in [1.29, 1.82) is 0 Å². The predicted molar refractivity (Wildman–Crippen MR) is 59.9 cm³/mol. The van der Waals surface area contributed by atoms with Gasteiger partial charge < -0.3 is 14.8 Å². The standard InChI is InChI=1S/C11H11F2NO2.ClH/c12-11(13)15-9-4-3-7(6-10(9)16-11)8-2-1-5-14-8;/h3-4,6,8,14H,1-2,5H2;1H. The molecule has 1 aromatic rings. The zero-order valence-corrected chi connectivity index (χ0v) is 9.73. The minimum Gasteiger partial charge on any atom is -0.395 e. The topological polar surface area (TPSA) is 30.5 Å². The molecule has 3 nitrogen and oxygen atoms in total. The van der Waals surface area contributed by atoms with E-state index < -0.39 is 6.29 Å². The number of halogens is 3. The smallest absolute Gasteiger partial charge is 0.395 e. The lowest BCUT2D eigenvalue weighted by Crippen LogP contribution is -2.25. The Bertz CT molecular complexity index is 422. The Hall–Kier alpha value is -1.07. The van der Waals surface area contributed by atoms with E-state index >= 15 is 0 Å². The molecule has 0 spiro atoms. The fraction of sp³-hybridized carbons (Fsp3) is 0.455. The third kappa shape index (κ3) is 2.30. The molecular formula is C11H12ClF2NO2. The fourth-order valence-electron chi connectivity index (χ4n) is 2.15. The summed E-state index contributed by atoms with van der Waals surface area (Å²) in [5, 5.41) is 3.30. The zero-order valence-electron chi connectivity index (χ0n) is 8.91. The predicted octanol–water partition coefficient (Wildman–Crippen LogP) is 2.85. The average molecular weight is 264 g/mol. The molecule has 0 bridgehead atoms. The van der Waals surface area contributed by atoms with Crippen molar-refractivity contribution in [2.75, 3.05) is 6.54 Å². The lowest BCUT2D eigenvalue weighted by Gasteiger charge is -2.10. The van der Waals surface area contributed by atoms with E-state index in [2.05, 4.69) is 14.8 Å². The van der Waals surface area contributed by atoms with Crippen molar-refractivity contribution in [3.05, 3.63) is 23.8 Å². The van der Waals surface area contributed by atoms with Gasteiger partial charge in [-0.05, 0) is 37.1 Å². The van der Waals surface area contributed by atoms with E-state index in [9.17, 15) is 8.78 Å². The molecule has 0 radical (unpaired) electrons. The lowest BCUT2D eigenvalue weighted by molar-refractivity contribution is -0.286. The number of hydrogen-bond donors (Lipinski definition) is 1. The van der Waals surface area contributed by atoms with Crippen LogP contribution in [0.2, 0.25) is 0 Å². The van der Waals surface area contributed by atoms with Crippen molar-refractivity contribution in [1.82, 2.24) is 5.32 Å². The number of alkyl halides is 2. The third-order valence-corrected chi connectivity index (χ3v) is 2.89. The summed E-state index contributed by atoms with van der Waals surface area (Å²) in [6, 6.07) is 5.19. The maximum Gasteiger partial charge on any atom is 0.586 e. The normalized spacial score (nSPS) is 24.5. The van der Waals surface area contributed by atoms with Crippen LogP contribution < -0.4 is 14.8 Å². The van der Waals surface area contributed by atoms with Gasteiger partial charge in [-0.25, -0.2) is 0 Å². The summed E-state index contributed by atoms with van der Waals surface area (Å²) < 4.78 is 34.3. The third-order valence-electron chi connectivity index (χ3n) is 2.89. The Kier molecular flexibility index (Phi) is 3.14. The van der Waals surface area contributed by atoms with E-state index in [1.165, 1.54) is 6.07 Å². The SMILES string of the molecule is Cl.FC1(F)Oc2ccc(C3CCCN3)cc2O1. The van der Waals surface area contributed by atoms with Gasteiger partial charge in [0.2, 0.25) is 0 Å². The van der Waals surface area contributed by atoms with Gasteiger partial charge in [0.25, 0.3) is 0 Å². The van der Waals surface area contributed by atoms with Crippen LogP contribution in [0, 0.1) is 0 Å². The monoisotopic (exact) mass is 263 g/mol. The molecule has 2 aliphatic heterocycles. The number of benzene rings is 1. The van der Waals surface area contributed by atoms with Gasteiger partial charge in [0, 0.05) is 6.04 Å². The Morgan fingerprint density at radius 1 is 1.24 bits per heavy atom. The van der Waals surface area contributed by atoms with Crippen LogP contribution in [-0.2, 0) is 0 Å². The molecular weight excluding hydrogens is 252 g/mol. The molecule has 0 aromatic heterocycles. The Balaban J connectivity index is 0.00000108. The molecule has 1 aromatic carbocycles. The molecule has 0 saturated carbocycles. The van der Waals surface area contributed by atoms with E-state index in [4.69, 9.17) is 0 Å². The van der Waals surface area contributed by atoms with Gasteiger partial charge in [-0.3, -0.25) is 0 Å². The molecule has 6 heteroatoms. The van der Waals surface area contributed by atoms with Gasteiger partial charge in [0.15, 0.2) is 11.5 Å². The molecule has 1 unspecified atom stereocenters. The van der Waals surface area contributed by atoms with Gasteiger partial charge in [0.1, 0.15) is 0 Å². The highest BCUT2D eigenvalue weighted by Gasteiger charge is 2.43. The lowest BCUT2D eigenvalue weighted by atomic mass is 10.1. The molecule has 1 saturated heterocycles. The average Bonchev–Trinajstić information content (AvgIpc) is 2.80. The van der Waals surface area contributed by atoms with Crippen molar-refractivity contribution in [3.63, 3.8) is 0 Å². The highest BCUT2D eigenvalue weighted by Crippen LogP contribution is 2.42. The Morgan fingerprint density at radius 3 is 2.71 bits per heavy atom. The Labute approximate surface area is 104 Å². The summed E-state index contributed by atoms with van der Waals surface area (Å²) in [5.74, 6) is 0.225. The Morgan fingerprint density at radius 2 is 2.00 bits per heavy atom. The van der Waals surface area contributed by atoms with Gasteiger partial charge >= 0.3 is 6.29 Å². The van der Waals surface area contributed by atoms with E-state index in [-0.39, 0.29) is 29.9 Å². The molecule has 3 rings (SSSR count). The van der Waals surface area contributed by atoms with Crippen molar-refractivity contribution >= 4 is 12.4 Å². The van der Waals surface area contributed by atoms with E-state index in [0.717, 1.165) is 24.9 Å². The molecule has 1 atom stereocenters. The largest absolute Gasteiger partial charge is 0.586 e. The van der Waals surface area contributed by atoms with Crippen LogP contribution in [0.4, 0.5) is 8.78 Å². The summed E-state index contributed by atoms with van der Waals surface area (Å²) in [7, 11) is 0. The molecule has 2 heterocycles. The zero-order chi connectivity index (χ0) is 11.2. The van der Waals surface area contributed by atoms with Crippen molar-refractivity contribution in [2.45, 2.75) is 25.2 Å².